The number of aromatic hydroxyl groups is 2. The summed E-state index contributed by atoms with van der Waals surface area (Å²) in [6.07, 6.45) is 0. The number of hydrogen-bond donors (Lipinski definition) is 2. The molecular formula is C48H30N2O2S4. The summed E-state index contributed by atoms with van der Waals surface area (Å²) in [6.45, 7) is 4.30. The van der Waals surface area contributed by atoms with Gasteiger partial charge in [0.1, 0.15) is 11.5 Å². The highest BCUT2D eigenvalue weighted by atomic mass is 32.1. The van der Waals surface area contributed by atoms with Crippen molar-refractivity contribution in [3.05, 3.63) is 145 Å². The smallest absolute Gasteiger partial charge is 0.115 e. The third-order valence-electron chi connectivity index (χ3n) is 11.1. The van der Waals surface area contributed by atoms with Crippen molar-refractivity contribution in [3.63, 3.8) is 0 Å². The van der Waals surface area contributed by atoms with Gasteiger partial charge in [-0.3, -0.25) is 0 Å². The largest absolute Gasteiger partial charge is 0.508 e. The first-order valence-electron chi connectivity index (χ1n) is 18.4. The van der Waals surface area contributed by atoms with Crippen molar-refractivity contribution in [2.75, 3.05) is 0 Å². The van der Waals surface area contributed by atoms with Gasteiger partial charge in [0.05, 0.1) is 50.3 Å². The van der Waals surface area contributed by atoms with Crippen molar-refractivity contribution in [1.82, 2.24) is 9.13 Å². The molecule has 0 bridgehead atoms. The first-order chi connectivity index (χ1) is 27.4. The lowest BCUT2D eigenvalue weighted by atomic mass is 10.0. The van der Waals surface area contributed by atoms with E-state index < -0.39 is 0 Å². The third kappa shape index (κ3) is 4.61. The van der Waals surface area contributed by atoms with Crippen LogP contribution in [-0.2, 0) is 0 Å². The van der Waals surface area contributed by atoms with Gasteiger partial charge >= 0.3 is 0 Å². The van der Waals surface area contributed by atoms with E-state index in [4.69, 9.17) is 0 Å². The van der Waals surface area contributed by atoms with Crippen molar-refractivity contribution in [1.29, 1.82) is 0 Å². The Morgan fingerprint density at radius 1 is 0.357 bits per heavy atom. The zero-order valence-corrected chi connectivity index (χ0v) is 33.4. The molecule has 268 valence electrons. The molecule has 0 saturated heterocycles. The maximum atomic E-state index is 9.93. The zero-order chi connectivity index (χ0) is 37.4. The van der Waals surface area contributed by atoms with Gasteiger partial charge in [0.25, 0.3) is 0 Å². The predicted octanol–water partition coefficient (Wildman–Crippen LogP) is 14.9. The van der Waals surface area contributed by atoms with E-state index in [1.165, 1.54) is 92.9 Å². The van der Waals surface area contributed by atoms with Gasteiger partial charge < -0.3 is 19.3 Å². The van der Waals surface area contributed by atoms with Gasteiger partial charge in [-0.05, 0) is 96.8 Å². The molecule has 0 aliphatic carbocycles. The van der Waals surface area contributed by atoms with Gasteiger partial charge in [0, 0.05) is 31.5 Å². The normalized spacial score (nSPS) is 12.2. The second kappa shape index (κ2) is 11.8. The summed E-state index contributed by atoms with van der Waals surface area (Å²) in [5.41, 5.74) is 14.4. The lowest BCUT2D eigenvalue weighted by Crippen LogP contribution is -1.94. The molecular weight excluding hydrogens is 765 g/mol. The fraction of sp³-hybridized carbons (Fsp3) is 0.0417. The van der Waals surface area contributed by atoms with Gasteiger partial charge in [-0.2, -0.15) is 0 Å². The molecule has 12 rings (SSSR count). The fourth-order valence-corrected chi connectivity index (χ4v) is 13.9. The number of rotatable bonds is 4. The van der Waals surface area contributed by atoms with E-state index in [0.717, 1.165) is 22.3 Å². The number of aromatic nitrogens is 2. The number of aryl methyl sites for hydroxylation is 2. The van der Waals surface area contributed by atoms with E-state index in [-0.39, 0.29) is 11.5 Å². The quantitative estimate of drug-likeness (QED) is 0.186. The Bertz CT molecular complexity index is 3300. The van der Waals surface area contributed by atoms with Crippen LogP contribution in [0.1, 0.15) is 11.1 Å². The van der Waals surface area contributed by atoms with Crippen LogP contribution in [0, 0.1) is 13.8 Å². The molecule has 6 aromatic heterocycles. The minimum Gasteiger partial charge on any atom is -0.508 e. The van der Waals surface area contributed by atoms with Crippen LogP contribution in [0.5, 0.6) is 11.5 Å². The van der Waals surface area contributed by atoms with Gasteiger partial charge in [0.2, 0.25) is 0 Å². The van der Waals surface area contributed by atoms with Gasteiger partial charge in [-0.1, -0.05) is 83.9 Å². The molecule has 56 heavy (non-hydrogen) atoms. The molecule has 12 aromatic rings. The molecule has 0 fully saturated rings. The van der Waals surface area contributed by atoms with Crippen LogP contribution in [0.3, 0.4) is 0 Å². The SMILES string of the molecule is Cc1ccc(-n2c3c4ccc(-c5ccc(O)cc5)cc4sc3c3sc4c(sc5c6sc7cc(-c8ccc(O)cc8)ccc7c6n(-c6ccc(C)cc6)c54)c32)cc1. The summed E-state index contributed by atoms with van der Waals surface area (Å²) in [4.78, 5) is 0. The summed E-state index contributed by atoms with van der Waals surface area (Å²) in [7, 11) is 0. The number of fused-ring (bicyclic) bond motifs is 13. The first kappa shape index (κ1) is 32.4. The molecule has 0 amide bonds. The molecule has 0 aliphatic rings. The standard InChI is InChI=1S/C48H30N2O2S4/c1-25-3-13-31(14-4-25)49-39-35-21-11-29(27-7-17-33(51)18-8-27)23-37(35)53-43(39)45-41(49)47-48(55-45)42-46(56-47)44-40(50(42)32-15-5-26(2)6-16-32)36-22-12-30(24-38(36)54-44)28-9-19-34(52)20-10-28/h3-24,51-52H,1-2H3. The number of nitrogens with zero attached hydrogens (tertiary/aromatic N) is 2. The third-order valence-corrected chi connectivity index (χ3v) is 16.2. The van der Waals surface area contributed by atoms with Gasteiger partial charge in [-0.15, -0.1) is 45.3 Å². The van der Waals surface area contributed by atoms with E-state index in [1.54, 1.807) is 24.3 Å². The molecule has 8 heteroatoms. The van der Waals surface area contributed by atoms with E-state index in [2.05, 4.69) is 108 Å². The molecule has 4 nitrogen and oxygen atoms in total. The Kier molecular flexibility index (Phi) is 6.82. The average molecular weight is 795 g/mol. The summed E-state index contributed by atoms with van der Waals surface area (Å²) in [5, 5.41) is 22.4. The Morgan fingerprint density at radius 3 is 1.07 bits per heavy atom. The van der Waals surface area contributed by atoms with Crippen molar-refractivity contribution in [2.45, 2.75) is 13.8 Å². The summed E-state index contributed by atoms with van der Waals surface area (Å²) in [5.74, 6) is 0.554. The maximum absolute atomic E-state index is 9.93. The molecule has 2 N–H and O–H groups in total. The second-order valence-electron chi connectivity index (χ2n) is 14.6. The minimum absolute atomic E-state index is 0.277. The first-order valence-corrected chi connectivity index (χ1v) is 21.7. The number of benzene rings is 6. The highest BCUT2D eigenvalue weighted by Crippen LogP contribution is 2.56. The lowest BCUT2D eigenvalue weighted by Gasteiger charge is -2.09. The number of hydrogen-bond acceptors (Lipinski definition) is 6. The number of phenolic OH excluding ortho intramolecular Hbond substituents is 2. The van der Waals surface area contributed by atoms with Crippen LogP contribution in [0.4, 0.5) is 0 Å². The molecule has 0 spiro atoms. The number of thiophene rings is 4. The molecule has 0 unspecified atom stereocenters. The topological polar surface area (TPSA) is 50.3 Å². The van der Waals surface area contributed by atoms with Crippen LogP contribution in [0.15, 0.2) is 133 Å². The van der Waals surface area contributed by atoms with E-state index in [9.17, 15) is 10.2 Å². The number of phenols is 2. The maximum Gasteiger partial charge on any atom is 0.115 e. The lowest BCUT2D eigenvalue weighted by molar-refractivity contribution is 0.475. The van der Waals surface area contributed by atoms with E-state index in [1.807, 2.05) is 69.6 Å². The van der Waals surface area contributed by atoms with Crippen LogP contribution in [-0.4, -0.2) is 19.3 Å². The van der Waals surface area contributed by atoms with Crippen LogP contribution in [0.25, 0.3) is 104 Å². The zero-order valence-electron chi connectivity index (χ0n) is 30.1. The van der Waals surface area contributed by atoms with E-state index >= 15 is 0 Å². The minimum atomic E-state index is 0.277. The Labute approximate surface area is 336 Å². The molecule has 0 radical (unpaired) electrons. The predicted molar refractivity (Wildman–Crippen MR) is 243 cm³/mol. The van der Waals surface area contributed by atoms with Crippen molar-refractivity contribution in [2.24, 2.45) is 0 Å². The van der Waals surface area contributed by atoms with E-state index in [0.29, 0.717) is 0 Å². The highest BCUT2D eigenvalue weighted by molar-refractivity contribution is 7.41. The van der Waals surface area contributed by atoms with Crippen LogP contribution < -0.4 is 0 Å². The fourth-order valence-electron chi connectivity index (χ4n) is 8.34. The monoisotopic (exact) mass is 794 g/mol. The molecule has 0 atom stereocenters. The molecule has 0 saturated carbocycles. The van der Waals surface area contributed by atoms with Gasteiger partial charge in [-0.25, -0.2) is 0 Å². The Morgan fingerprint density at radius 2 is 0.696 bits per heavy atom. The molecule has 0 aliphatic heterocycles. The van der Waals surface area contributed by atoms with Gasteiger partial charge in [0.15, 0.2) is 0 Å². The molecule has 6 heterocycles. The molecule has 6 aromatic carbocycles. The Hall–Kier alpha value is -5.90. The Balaban J connectivity index is 1.17. The summed E-state index contributed by atoms with van der Waals surface area (Å²) in [6, 6.07) is 46.5. The van der Waals surface area contributed by atoms with Crippen LogP contribution in [0.2, 0.25) is 0 Å². The summed E-state index contributed by atoms with van der Waals surface area (Å²) >= 11 is 7.64. The van der Waals surface area contributed by atoms with Crippen molar-refractivity contribution < 1.29 is 10.2 Å². The van der Waals surface area contributed by atoms with Crippen molar-refractivity contribution >= 4 is 116 Å². The summed E-state index contributed by atoms with van der Waals surface area (Å²) < 4.78 is 15.5. The van der Waals surface area contributed by atoms with Crippen molar-refractivity contribution in [3.8, 4) is 45.1 Å². The van der Waals surface area contributed by atoms with Crippen LogP contribution >= 0.6 is 45.3 Å². The average Bonchev–Trinajstić information content (AvgIpc) is 4.04. The highest BCUT2D eigenvalue weighted by Gasteiger charge is 2.28. The second-order valence-corrected chi connectivity index (χ2v) is 18.8.